The predicted octanol–water partition coefficient (Wildman–Crippen LogP) is 5.75. The van der Waals surface area contributed by atoms with Crippen molar-refractivity contribution in [2.75, 3.05) is 12.4 Å². The molecule has 0 saturated heterocycles. The molecule has 3 aromatic rings. The summed E-state index contributed by atoms with van der Waals surface area (Å²) in [6.07, 6.45) is 1.53. The van der Waals surface area contributed by atoms with Gasteiger partial charge in [-0.05, 0) is 35.9 Å². The van der Waals surface area contributed by atoms with E-state index in [1.807, 2.05) is 0 Å². The predicted molar refractivity (Wildman–Crippen MR) is 110 cm³/mol. The molecule has 0 radical (unpaired) electrons. The molecule has 11 heteroatoms. The van der Waals surface area contributed by atoms with Gasteiger partial charge >= 0.3 is 6.61 Å². The van der Waals surface area contributed by atoms with Crippen molar-refractivity contribution in [1.29, 1.82) is 0 Å². The Balaban J connectivity index is 1.75. The number of nitrogens with zero attached hydrogens (tertiary/aromatic N) is 2. The molecule has 0 aliphatic heterocycles. The van der Waals surface area contributed by atoms with Crippen LogP contribution in [0.25, 0.3) is 0 Å². The maximum Gasteiger partial charge on any atom is 0.387 e. The van der Waals surface area contributed by atoms with E-state index < -0.39 is 12.5 Å². The van der Waals surface area contributed by atoms with Crippen molar-refractivity contribution in [3.05, 3.63) is 68.8 Å². The standard InChI is InChI=1S/C19H14Cl3F2N3O3/c1-29-16-6-10(3-5-15(16)30-19(23)24)18(28)25-17-14(22)9-27(26-17)8-11-2-4-12(20)7-13(11)21/h2-7,9,19H,8H2,1H3,(H,25,26,28). The number of hydrogen-bond acceptors (Lipinski definition) is 4. The van der Waals surface area contributed by atoms with Gasteiger partial charge in [-0.3, -0.25) is 9.48 Å². The van der Waals surface area contributed by atoms with E-state index in [1.165, 1.54) is 36.2 Å². The van der Waals surface area contributed by atoms with Crippen LogP contribution in [0.3, 0.4) is 0 Å². The van der Waals surface area contributed by atoms with Crippen LogP contribution in [0.15, 0.2) is 42.6 Å². The van der Waals surface area contributed by atoms with Crippen LogP contribution in [0.2, 0.25) is 15.1 Å². The van der Waals surface area contributed by atoms with Crippen molar-refractivity contribution in [3.63, 3.8) is 0 Å². The Labute approximate surface area is 185 Å². The summed E-state index contributed by atoms with van der Waals surface area (Å²) in [7, 11) is 1.27. The van der Waals surface area contributed by atoms with Gasteiger partial charge < -0.3 is 14.8 Å². The van der Waals surface area contributed by atoms with Crippen molar-refractivity contribution < 1.29 is 23.0 Å². The molecule has 6 nitrogen and oxygen atoms in total. The highest BCUT2D eigenvalue weighted by Gasteiger charge is 2.17. The summed E-state index contributed by atoms with van der Waals surface area (Å²) in [5.74, 6) is -0.643. The highest BCUT2D eigenvalue weighted by atomic mass is 35.5. The fourth-order valence-corrected chi connectivity index (χ4v) is 3.24. The molecule has 0 bridgehead atoms. The molecular formula is C19H14Cl3F2N3O3. The molecule has 1 N–H and O–H groups in total. The number of rotatable bonds is 7. The molecule has 0 saturated carbocycles. The first kappa shape index (κ1) is 22.1. The maximum absolute atomic E-state index is 12.5. The van der Waals surface area contributed by atoms with E-state index in [9.17, 15) is 13.6 Å². The fraction of sp³-hybridized carbons (Fsp3) is 0.158. The second-order valence-corrected chi connectivity index (χ2v) is 7.21. The van der Waals surface area contributed by atoms with Gasteiger partial charge in [-0.15, -0.1) is 0 Å². The van der Waals surface area contributed by atoms with Crippen LogP contribution in [0, 0.1) is 0 Å². The number of amides is 1. The summed E-state index contributed by atoms with van der Waals surface area (Å²) in [6.45, 7) is -2.71. The van der Waals surface area contributed by atoms with Gasteiger partial charge in [0.2, 0.25) is 0 Å². The molecule has 0 aliphatic carbocycles. The van der Waals surface area contributed by atoms with Crippen LogP contribution in [-0.2, 0) is 6.54 Å². The van der Waals surface area contributed by atoms with Crippen LogP contribution in [-0.4, -0.2) is 29.4 Å². The number of carbonyl (C=O) groups is 1. The van der Waals surface area contributed by atoms with Gasteiger partial charge in [0.1, 0.15) is 5.02 Å². The minimum absolute atomic E-state index is 0.0167. The molecule has 0 atom stereocenters. The second-order valence-electron chi connectivity index (χ2n) is 5.96. The van der Waals surface area contributed by atoms with Crippen LogP contribution < -0.4 is 14.8 Å². The first-order chi connectivity index (χ1) is 14.3. The Kier molecular flexibility index (Phi) is 7.02. The van der Waals surface area contributed by atoms with Crippen LogP contribution in [0.4, 0.5) is 14.6 Å². The van der Waals surface area contributed by atoms with Crippen molar-refractivity contribution in [2.45, 2.75) is 13.2 Å². The second kappa shape index (κ2) is 9.51. The van der Waals surface area contributed by atoms with Crippen LogP contribution in [0.1, 0.15) is 15.9 Å². The lowest BCUT2D eigenvalue weighted by Crippen LogP contribution is -2.14. The Bertz CT molecular complexity index is 1080. The molecule has 3 rings (SSSR count). The first-order valence-corrected chi connectivity index (χ1v) is 9.51. The zero-order valence-corrected chi connectivity index (χ0v) is 17.6. The summed E-state index contributed by atoms with van der Waals surface area (Å²) in [4.78, 5) is 12.5. The summed E-state index contributed by atoms with van der Waals surface area (Å²) in [6, 6.07) is 8.86. The Morgan fingerprint density at radius 1 is 1.13 bits per heavy atom. The van der Waals surface area contributed by atoms with Crippen LogP contribution >= 0.6 is 34.8 Å². The van der Waals surface area contributed by atoms with E-state index in [2.05, 4.69) is 15.2 Å². The molecule has 158 valence electrons. The number of benzene rings is 2. The van der Waals surface area contributed by atoms with Crippen molar-refractivity contribution in [1.82, 2.24) is 9.78 Å². The number of carbonyl (C=O) groups excluding carboxylic acids is 1. The topological polar surface area (TPSA) is 65.4 Å². The number of methoxy groups -OCH3 is 1. The third-order valence-corrected chi connectivity index (χ3v) is 4.80. The third kappa shape index (κ3) is 5.33. The number of halogens is 5. The average molecular weight is 477 g/mol. The SMILES string of the molecule is COc1cc(C(=O)Nc2nn(Cc3ccc(Cl)cc3Cl)cc2Cl)ccc1OC(F)F. The maximum atomic E-state index is 12.5. The van der Waals surface area contributed by atoms with E-state index in [1.54, 1.807) is 18.2 Å². The molecule has 0 fully saturated rings. The van der Waals surface area contributed by atoms with Gasteiger partial charge in [-0.2, -0.15) is 13.9 Å². The number of anilines is 1. The Hall–Kier alpha value is -2.55. The molecule has 0 unspecified atom stereocenters. The van der Waals surface area contributed by atoms with E-state index in [-0.39, 0.29) is 27.9 Å². The van der Waals surface area contributed by atoms with Gasteiger partial charge in [0.25, 0.3) is 5.91 Å². The zero-order valence-electron chi connectivity index (χ0n) is 15.3. The van der Waals surface area contributed by atoms with Gasteiger partial charge in [0.15, 0.2) is 17.3 Å². The monoisotopic (exact) mass is 475 g/mol. The third-order valence-electron chi connectivity index (χ3n) is 3.94. The first-order valence-electron chi connectivity index (χ1n) is 8.38. The minimum Gasteiger partial charge on any atom is -0.493 e. The van der Waals surface area contributed by atoms with Crippen molar-refractivity contribution in [2.24, 2.45) is 0 Å². The highest BCUT2D eigenvalue weighted by Crippen LogP contribution is 2.30. The van der Waals surface area contributed by atoms with E-state index in [0.717, 1.165) is 5.56 Å². The lowest BCUT2D eigenvalue weighted by molar-refractivity contribution is -0.0512. The van der Waals surface area contributed by atoms with E-state index >= 15 is 0 Å². The Morgan fingerprint density at radius 2 is 1.90 bits per heavy atom. The number of alkyl halides is 2. The molecule has 0 aliphatic rings. The number of hydrogen-bond donors (Lipinski definition) is 1. The van der Waals surface area contributed by atoms with Gasteiger partial charge in [-0.1, -0.05) is 40.9 Å². The summed E-state index contributed by atoms with van der Waals surface area (Å²) in [5, 5.41) is 7.99. The minimum atomic E-state index is -3.02. The number of ether oxygens (including phenoxy) is 2. The van der Waals surface area contributed by atoms with Crippen LogP contribution in [0.5, 0.6) is 11.5 Å². The Morgan fingerprint density at radius 3 is 2.57 bits per heavy atom. The molecule has 0 spiro atoms. The number of nitrogens with one attached hydrogen (secondary N) is 1. The van der Waals surface area contributed by atoms with E-state index in [4.69, 9.17) is 39.5 Å². The van der Waals surface area contributed by atoms with Gasteiger partial charge in [0.05, 0.1) is 13.7 Å². The van der Waals surface area contributed by atoms with Crippen molar-refractivity contribution in [3.8, 4) is 11.5 Å². The quantitative estimate of drug-likeness (QED) is 0.471. The van der Waals surface area contributed by atoms with Gasteiger partial charge in [0, 0.05) is 21.8 Å². The summed E-state index contributed by atoms with van der Waals surface area (Å²) < 4.78 is 35.7. The summed E-state index contributed by atoms with van der Waals surface area (Å²) in [5.41, 5.74) is 0.900. The zero-order chi connectivity index (χ0) is 21.8. The molecule has 2 aromatic carbocycles. The summed E-state index contributed by atoms with van der Waals surface area (Å²) >= 11 is 18.2. The van der Waals surface area contributed by atoms with Crippen molar-refractivity contribution >= 4 is 46.5 Å². The fourth-order valence-electron chi connectivity index (χ4n) is 2.57. The molecule has 1 aromatic heterocycles. The van der Waals surface area contributed by atoms with E-state index in [0.29, 0.717) is 16.6 Å². The molecule has 1 amide bonds. The van der Waals surface area contributed by atoms with Gasteiger partial charge in [-0.25, -0.2) is 0 Å². The molecule has 1 heterocycles. The smallest absolute Gasteiger partial charge is 0.387 e. The largest absolute Gasteiger partial charge is 0.493 e. The lowest BCUT2D eigenvalue weighted by atomic mass is 10.2. The lowest BCUT2D eigenvalue weighted by Gasteiger charge is -2.11. The normalized spacial score (nSPS) is 10.9. The molecular weight excluding hydrogens is 463 g/mol. The number of aromatic nitrogens is 2. The average Bonchev–Trinajstić information content (AvgIpc) is 3.02. The molecule has 30 heavy (non-hydrogen) atoms. The highest BCUT2D eigenvalue weighted by molar-refractivity contribution is 6.35.